The normalized spacial score (nSPS) is 12.3. The lowest BCUT2D eigenvalue weighted by Crippen LogP contribution is -2.30. The summed E-state index contributed by atoms with van der Waals surface area (Å²) in [6, 6.07) is 17.8. The van der Waals surface area contributed by atoms with Crippen LogP contribution in [0, 0.1) is 0 Å². The lowest BCUT2D eigenvalue weighted by molar-refractivity contribution is -0.122. The second-order valence-electron chi connectivity index (χ2n) is 7.70. The van der Waals surface area contributed by atoms with Crippen molar-refractivity contribution in [2.75, 3.05) is 10.0 Å². The summed E-state index contributed by atoms with van der Waals surface area (Å²) in [5.41, 5.74) is 1.67. The van der Waals surface area contributed by atoms with Gasteiger partial charge in [-0.2, -0.15) is 0 Å². The van der Waals surface area contributed by atoms with Gasteiger partial charge in [-0.25, -0.2) is 8.42 Å². The molecule has 0 aliphatic heterocycles. The van der Waals surface area contributed by atoms with Gasteiger partial charge in [-0.3, -0.25) is 9.52 Å². The number of halogens is 2. The van der Waals surface area contributed by atoms with Crippen LogP contribution in [0.4, 0.5) is 11.4 Å². The van der Waals surface area contributed by atoms with Gasteiger partial charge in [0.25, 0.3) is 15.9 Å². The average molecular weight is 507 g/mol. The van der Waals surface area contributed by atoms with Gasteiger partial charge >= 0.3 is 0 Å². The molecule has 0 saturated carbocycles. The van der Waals surface area contributed by atoms with E-state index in [-0.39, 0.29) is 27.4 Å². The van der Waals surface area contributed by atoms with Gasteiger partial charge < -0.3 is 10.1 Å². The first-order valence-corrected chi connectivity index (χ1v) is 12.4. The fourth-order valence-electron chi connectivity index (χ4n) is 3.05. The van der Waals surface area contributed by atoms with Crippen LogP contribution in [-0.2, 0) is 14.8 Å². The molecule has 0 spiro atoms. The van der Waals surface area contributed by atoms with Crippen molar-refractivity contribution < 1.29 is 17.9 Å². The molecule has 0 saturated heterocycles. The number of amides is 1. The summed E-state index contributed by atoms with van der Waals surface area (Å²) in [6.45, 7) is 5.77. The predicted molar refractivity (Wildman–Crippen MR) is 133 cm³/mol. The van der Waals surface area contributed by atoms with Gasteiger partial charge in [0.15, 0.2) is 6.10 Å². The highest BCUT2D eigenvalue weighted by atomic mass is 35.5. The van der Waals surface area contributed by atoms with Gasteiger partial charge in [0.2, 0.25) is 0 Å². The molecule has 0 aromatic heterocycles. The van der Waals surface area contributed by atoms with Crippen molar-refractivity contribution >= 4 is 50.5 Å². The maximum Gasteiger partial charge on any atom is 0.265 e. The summed E-state index contributed by atoms with van der Waals surface area (Å²) in [4.78, 5) is 12.6. The molecule has 3 aromatic rings. The molecule has 0 fully saturated rings. The Morgan fingerprint density at radius 2 is 1.61 bits per heavy atom. The van der Waals surface area contributed by atoms with Crippen molar-refractivity contribution in [3.05, 3.63) is 82.3 Å². The van der Waals surface area contributed by atoms with Crippen LogP contribution in [0.3, 0.4) is 0 Å². The molecule has 0 radical (unpaired) electrons. The second kappa shape index (κ2) is 10.5. The van der Waals surface area contributed by atoms with E-state index in [0.717, 1.165) is 5.56 Å². The van der Waals surface area contributed by atoms with Gasteiger partial charge in [0.05, 0.1) is 15.6 Å². The highest BCUT2D eigenvalue weighted by Gasteiger charge is 2.19. The molecule has 0 unspecified atom stereocenters. The number of benzene rings is 3. The summed E-state index contributed by atoms with van der Waals surface area (Å²) in [5, 5.41) is 3.32. The molecule has 0 bridgehead atoms. The molecule has 174 valence electrons. The molecule has 1 atom stereocenters. The molecular weight excluding hydrogens is 483 g/mol. The van der Waals surface area contributed by atoms with Gasteiger partial charge in [-0.15, -0.1) is 0 Å². The molecule has 0 aliphatic rings. The predicted octanol–water partition coefficient (Wildman–Crippen LogP) is 6.32. The zero-order chi connectivity index (χ0) is 24.2. The maximum atomic E-state index is 12.7. The first-order valence-electron chi connectivity index (χ1n) is 10.2. The molecule has 3 rings (SSSR count). The SMILES string of the molecule is CC(C)c1ccccc1O[C@H](C)C(=O)Nc1ccc(S(=O)(=O)Nc2ccc(Cl)cc2Cl)cc1. The van der Waals surface area contributed by atoms with Crippen molar-refractivity contribution in [3.8, 4) is 5.75 Å². The number of anilines is 2. The molecular formula is C24H24Cl2N2O4S. The molecule has 0 heterocycles. The molecule has 2 N–H and O–H groups in total. The number of sulfonamides is 1. The largest absolute Gasteiger partial charge is 0.481 e. The number of hydrogen-bond acceptors (Lipinski definition) is 4. The fraction of sp³-hybridized carbons (Fsp3) is 0.208. The van der Waals surface area contributed by atoms with E-state index in [1.54, 1.807) is 6.92 Å². The number of hydrogen-bond donors (Lipinski definition) is 2. The van der Waals surface area contributed by atoms with E-state index < -0.39 is 16.1 Å². The minimum absolute atomic E-state index is 0.0154. The van der Waals surface area contributed by atoms with E-state index in [2.05, 4.69) is 23.9 Å². The summed E-state index contributed by atoms with van der Waals surface area (Å²) < 4.78 is 33.6. The van der Waals surface area contributed by atoms with Gasteiger partial charge in [0.1, 0.15) is 5.75 Å². The van der Waals surface area contributed by atoms with Gasteiger partial charge in [0, 0.05) is 10.7 Å². The molecule has 1 amide bonds. The summed E-state index contributed by atoms with van der Waals surface area (Å²) in [7, 11) is -3.88. The van der Waals surface area contributed by atoms with Crippen LogP contribution in [-0.4, -0.2) is 20.4 Å². The Kier molecular flexibility index (Phi) is 7.89. The van der Waals surface area contributed by atoms with Crippen LogP contribution < -0.4 is 14.8 Å². The summed E-state index contributed by atoms with van der Waals surface area (Å²) in [6.07, 6.45) is -0.748. The highest BCUT2D eigenvalue weighted by Crippen LogP contribution is 2.29. The zero-order valence-electron chi connectivity index (χ0n) is 18.3. The molecule has 6 nitrogen and oxygen atoms in total. The number of rotatable bonds is 8. The zero-order valence-corrected chi connectivity index (χ0v) is 20.6. The lowest BCUT2D eigenvalue weighted by Gasteiger charge is -2.18. The Bertz CT molecular complexity index is 1250. The van der Waals surface area contributed by atoms with E-state index in [1.807, 2.05) is 24.3 Å². The first kappa shape index (κ1) is 24.9. The molecule has 0 aliphatic carbocycles. The molecule has 9 heteroatoms. The van der Waals surface area contributed by atoms with E-state index in [9.17, 15) is 13.2 Å². The van der Waals surface area contributed by atoms with E-state index in [4.69, 9.17) is 27.9 Å². The van der Waals surface area contributed by atoms with Crippen LogP contribution in [0.5, 0.6) is 5.75 Å². The van der Waals surface area contributed by atoms with Gasteiger partial charge in [-0.1, -0.05) is 55.2 Å². The lowest BCUT2D eigenvalue weighted by atomic mass is 10.0. The quantitative estimate of drug-likeness (QED) is 0.374. The van der Waals surface area contributed by atoms with Crippen molar-refractivity contribution in [2.24, 2.45) is 0 Å². The van der Waals surface area contributed by atoms with E-state index in [0.29, 0.717) is 16.5 Å². The Labute approximate surface area is 203 Å². The van der Waals surface area contributed by atoms with Crippen LogP contribution in [0.2, 0.25) is 10.0 Å². The van der Waals surface area contributed by atoms with E-state index >= 15 is 0 Å². The smallest absolute Gasteiger partial charge is 0.265 e. The Hall–Kier alpha value is -2.74. The third kappa shape index (κ3) is 6.41. The van der Waals surface area contributed by atoms with Crippen LogP contribution in [0.15, 0.2) is 71.6 Å². The standard InChI is InChI=1S/C24H24Cl2N2O4S/c1-15(2)20-6-4-5-7-23(20)32-16(3)24(29)27-18-9-11-19(12-10-18)33(30,31)28-22-13-8-17(25)14-21(22)26/h4-16,28H,1-3H3,(H,27,29)/t16-/m1/s1. The van der Waals surface area contributed by atoms with Crippen molar-refractivity contribution in [2.45, 2.75) is 37.7 Å². The average Bonchev–Trinajstić information content (AvgIpc) is 2.76. The number of carbonyl (C=O) groups is 1. The van der Waals surface area contributed by atoms with Gasteiger partial charge in [-0.05, 0) is 66.9 Å². The number of para-hydroxylation sites is 1. The topological polar surface area (TPSA) is 84.5 Å². The third-order valence-electron chi connectivity index (χ3n) is 4.82. The van der Waals surface area contributed by atoms with Crippen LogP contribution >= 0.6 is 23.2 Å². The summed E-state index contributed by atoms with van der Waals surface area (Å²) in [5.74, 6) is 0.557. The number of nitrogens with one attached hydrogen (secondary N) is 2. The minimum Gasteiger partial charge on any atom is -0.481 e. The number of carbonyl (C=O) groups excluding carboxylic acids is 1. The number of ether oxygens (including phenoxy) is 1. The molecule has 33 heavy (non-hydrogen) atoms. The van der Waals surface area contributed by atoms with Crippen LogP contribution in [0.25, 0.3) is 0 Å². The van der Waals surface area contributed by atoms with Crippen molar-refractivity contribution in [3.63, 3.8) is 0 Å². The monoisotopic (exact) mass is 506 g/mol. The Morgan fingerprint density at radius 3 is 2.24 bits per heavy atom. The highest BCUT2D eigenvalue weighted by molar-refractivity contribution is 7.92. The van der Waals surface area contributed by atoms with Crippen molar-refractivity contribution in [1.82, 2.24) is 0 Å². The second-order valence-corrected chi connectivity index (χ2v) is 10.2. The third-order valence-corrected chi connectivity index (χ3v) is 6.75. The van der Waals surface area contributed by atoms with Crippen molar-refractivity contribution in [1.29, 1.82) is 0 Å². The minimum atomic E-state index is -3.88. The van der Waals surface area contributed by atoms with E-state index in [1.165, 1.54) is 42.5 Å². The Balaban J connectivity index is 1.67. The first-order chi connectivity index (χ1) is 15.6. The maximum absolute atomic E-state index is 12.7. The molecule has 3 aromatic carbocycles. The Morgan fingerprint density at radius 1 is 0.939 bits per heavy atom. The van der Waals surface area contributed by atoms with Crippen LogP contribution in [0.1, 0.15) is 32.3 Å². The fourth-order valence-corrected chi connectivity index (χ4v) is 4.64. The summed E-state index contributed by atoms with van der Waals surface area (Å²) >= 11 is 11.9.